The molecule has 0 N–H and O–H groups in total. The number of hydrogen-bond acceptors (Lipinski definition) is 4. The number of benzene rings is 2. The molecule has 0 saturated carbocycles. The maximum absolute atomic E-state index is 6.20. The van der Waals surface area contributed by atoms with Gasteiger partial charge >= 0.3 is 0 Å². The van der Waals surface area contributed by atoms with E-state index < -0.39 is 0 Å². The maximum atomic E-state index is 6.20. The first-order valence-corrected chi connectivity index (χ1v) is 10.5. The zero-order valence-electron chi connectivity index (χ0n) is 14.7. The average molecular weight is 443 g/mol. The van der Waals surface area contributed by atoms with Crippen LogP contribution in [0.2, 0.25) is 15.1 Å². The van der Waals surface area contributed by atoms with Gasteiger partial charge in [-0.25, -0.2) is 0 Å². The Hall–Kier alpha value is -1.40. The van der Waals surface area contributed by atoms with Gasteiger partial charge in [-0.2, -0.15) is 0 Å². The number of aromatic nitrogens is 3. The molecule has 8 heteroatoms. The zero-order chi connectivity index (χ0) is 19.2. The van der Waals surface area contributed by atoms with Gasteiger partial charge in [0.25, 0.3) is 0 Å². The van der Waals surface area contributed by atoms with Crippen molar-refractivity contribution in [2.75, 3.05) is 6.61 Å². The van der Waals surface area contributed by atoms with E-state index >= 15 is 0 Å². The van der Waals surface area contributed by atoms with Crippen LogP contribution >= 0.6 is 46.6 Å². The van der Waals surface area contributed by atoms with E-state index in [9.17, 15) is 0 Å². The third-order valence-electron chi connectivity index (χ3n) is 3.94. The zero-order valence-corrected chi connectivity index (χ0v) is 17.7. The molecule has 0 fully saturated rings. The van der Waals surface area contributed by atoms with Gasteiger partial charge in [0, 0.05) is 29.3 Å². The number of hydrogen-bond donors (Lipinski definition) is 0. The lowest BCUT2D eigenvalue weighted by Crippen LogP contribution is -2.04. The molecule has 3 aromatic rings. The molecule has 0 atom stereocenters. The molecule has 0 amide bonds. The summed E-state index contributed by atoms with van der Waals surface area (Å²) in [6, 6.07) is 13.0. The molecule has 0 unspecified atom stereocenters. The van der Waals surface area contributed by atoms with Crippen molar-refractivity contribution in [3.63, 3.8) is 0 Å². The monoisotopic (exact) mass is 441 g/mol. The second-order valence-corrected chi connectivity index (χ2v) is 8.06. The molecular weight excluding hydrogens is 425 g/mol. The summed E-state index contributed by atoms with van der Waals surface area (Å²) in [5.74, 6) is 2.31. The Balaban J connectivity index is 1.49. The van der Waals surface area contributed by atoms with Crippen molar-refractivity contribution < 1.29 is 4.74 Å². The first-order valence-electron chi connectivity index (χ1n) is 8.37. The standard InChI is InChI=1S/C19H18Cl3N3OS/c1-25-18(7-4-10-26-17-9-8-14(20)11-16(17)22)23-24-19(25)27-12-13-5-2-3-6-15(13)21/h2-3,5-6,8-9,11H,4,7,10,12H2,1H3. The van der Waals surface area contributed by atoms with Crippen LogP contribution in [0, 0.1) is 0 Å². The summed E-state index contributed by atoms with van der Waals surface area (Å²) in [6.45, 7) is 0.538. The summed E-state index contributed by atoms with van der Waals surface area (Å²) in [7, 11) is 1.97. The number of ether oxygens (including phenoxy) is 1. The Morgan fingerprint density at radius 2 is 1.85 bits per heavy atom. The highest BCUT2D eigenvalue weighted by Gasteiger charge is 2.10. The van der Waals surface area contributed by atoms with Crippen LogP contribution in [0.4, 0.5) is 0 Å². The lowest BCUT2D eigenvalue weighted by Gasteiger charge is -2.08. The minimum atomic E-state index is 0.513. The number of nitrogens with zero attached hydrogens (tertiary/aromatic N) is 3. The van der Waals surface area contributed by atoms with Crippen molar-refractivity contribution in [1.82, 2.24) is 14.8 Å². The number of thioether (sulfide) groups is 1. The van der Waals surface area contributed by atoms with Crippen molar-refractivity contribution in [1.29, 1.82) is 0 Å². The van der Waals surface area contributed by atoms with E-state index in [-0.39, 0.29) is 0 Å². The summed E-state index contributed by atoms with van der Waals surface area (Å²) in [6.07, 6.45) is 1.57. The van der Waals surface area contributed by atoms with Crippen molar-refractivity contribution in [2.45, 2.75) is 23.8 Å². The van der Waals surface area contributed by atoms with E-state index in [0.717, 1.165) is 40.2 Å². The Kier molecular flexibility index (Phi) is 7.30. The minimum absolute atomic E-state index is 0.513. The van der Waals surface area contributed by atoms with Gasteiger partial charge in [-0.3, -0.25) is 0 Å². The van der Waals surface area contributed by atoms with Gasteiger partial charge in [0.2, 0.25) is 0 Å². The van der Waals surface area contributed by atoms with Gasteiger partial charge in [0.15, 0.2) is 5.16 Å². The van der Waals surface area contributed by atoms with E-state index in [2.05, 4.69) is 10.2 Å². The summed E-state index contributed by atoms with van der Waals surface area (Å²) >= 11 is 19.8. The molecule has 142 valence electrons. The van der Waals surface area contributed by atoms with E-state index in [4.69, 9.17) is 39.5 Å². The highest BCUT2D eigenvalue weighted by atomic mass is 35.5. The maximum Gasteiger partial charge on any atom is 0.191 e. The quantitative estimate of drug-likeness (QED) is 0.313. The van der Waals surface area contributed by atoms with Crippen molar-refractivity contribution in [2.24, 2.45) is 7.05 Å². The molecule has 0 aliphatic carbocycles. The van der Waals surface area contributed by atoms with Crippen LogP contribution < -0.4 is 4.74 Å². The molecule has 0 aliphatic heterocycles. The van der Waals surface area contributed by atoms with Crippen LogP contribution in [0.5, 0.6) is 5.75 Å². The topological polar surface area (TPSA) is 39.9 Å². The summed E-state index contributed by atoms with van der Waals surface area (Å²) < 4.78 is 7.72. The Morgan fingerprint density at radius 1 is 1.04 bits per heavy atom. The molecule has 0 radical (unpaired) electrons. The first kappa shape index (κ1) is 20.3. The normalized spacial score (nSPS) is 11.0. The Labute approximate surface area is 177 Å². The number of halogens is 3. The predicted octanol–water partition coefficient (Wildman–Crippen LogP) is 6.08. The van der Waals surface area contributed by atoms with E-state index in [0.29, 0.717) is 22.4 Å². The van der Waals surface area contributed by atoms with Crippen molar-refractivity contribution in [3.05, 3.63) is 68.9 Å². The molecule has 1 heterocycles. The second kappa shape index (κ2) is 9.69. The lowest BCUT2D eigenvalue weighted by molar-refractivity contribution is 0.309. The molecule has 4 nitrogen and oxygen atoms in total. The number of aryl methyl sites for hydroxylation is 1. The molecule has 2 aromatic carbocycles. The average Bonchev–Trinajstić information content (AvgIpc) is 2.99. The van der Waals surface area contributed by atoms with Crippen molar-refractivity contribution >= 4 is 46.6 Å². The van der Waals surface area contributed by atoms with Gasteiger partial charge in [0.1, 0.15) is 11.6 Å². The second-order valence-electron chi connectivity index (χ2n) is 5.86. The van der Waals surface area contributed by atoms with Crippen molar-refractivity contribution in [3.8, 4) is 5.75 Å². The predicted molar refractivity (Wildman–Crippen MR) is 112 cm³/mol. The third-order valence-corrected chi connectivity index (χ3v) is 5.90. The third kappa shape index (κ3) is 5.55. The molecule has 0 saturated heterocycles. The fraction of sp³-hybridized carbons (Fsp3) is 0.263. The molecule has 3 rings (SSSR count). The Bertz CT molecular complexity index is 917. The molecule has 1 aromatic heterocycles. The first-order chi connectivity index (χ1) is 13.0. The van der Waals surface area contributed by atoms with Gasteiger partial charge in [-0.05, 0) is 36.2 Å². The summed E-state index contributed by atoms with van der Waals surface area (Å²) in [5, 5.41) is 11.3. The van der Waals surface area contributed by atoms with E-state index in [1.54, 1.807) is 30.0 Å². The minimum Gasteiger partial charge on any atom is -0.492 e. The van der Waals surface area contributed by atoms with E-state index in [1.165, 1.54) is 0 Å². The fourth-order valence-corrected chi connectivity index (χ4v) is 4.13. The highest BCUT2D eigenvalue weighted by molar-refractivity contribution is 7.98. The van der Waals surface area contributed by atoms with Crippen LogP contribution in [-0.2, 0) is 19.2 Å². The molecule has 0 spiro atoms. The molecule has 0 aliphatic rings. The Morgan fingerprint density at radius 3 is 2.63 bits per heavy atom. The molecule has 0 bridgehead atoms. The van der Waals surface area contributed by atoms with Crippen LogP contribution in [0.1, 0.15) is 17.8 Å². The van der Waals surface area contributed by atoms with Crippen LogP contribution in [0.3, 0.4) is 0 Å². The van der Waals surface area contributed by atoms with Gasteiger partial charge < -0.3 is 9.30 Å². The largest absolute Gasteiger partial charge is 0.492 e. The number of rotatable bonds is 8. The van der Waals surface area contributed by atoms with Gasteiger partial charge in [-0.15, -0.1) is 10.2 Å². The fourth-order valence-electron chi connectivity index (χ4n) is 2.45. The van der Waals surface area contributed by atoms with Crippen LogP contribution in [0.25, 0.3) is 0 Å². The molecular formula is C19H18Cl3N3OS. The highest BCUT2D eigenvalue weighted by Crippen LogP contribution is 2.28. The van der Waals surface area contributed by atoms with Crippen LogP contribution in [0.15, 0.2) is 47.6 Å². The van der Waals surface area contributed by atoms with E-state index in [1.807, 2.05) is 35.9 Å². The van der Waals surface area contributed by atoms with Gasteiger partial charge in [-0.1, -0.05) is 64.8 Å². The SMILES string of the molecule is Cn1c(CCCOc2ccc(Cl)cc2Cl)nnc1SCc1ccccc1Cl. The van der Waals surface area contributed by atoms with Crippen LogP contribution in [-0.4, -0.2) is 21.4 Å². The summed E-state index contributed by atoms with van der Waals surface area (Å²) in [5.41, 5.74) is 1.09. The summed E-state index contributed by atoms with van der Waals surface area (Å²) in [4.78, 5) is 0. The smallest absolute Gasteiger partial charge is 0.191 e. The van der Waals surface area contributed by atoms with Gasteiger partial charge in [0.05, 0.1) is 11.6 Å². The molecule has 27 heavy (non-hydrogen) atoms. The lowest BCUT2D eigenvalue weighted by atomic mass is 10.2.